The van der Waals surface area contributed by atoms with Gasteiger partial charge < -0.3 is 5.32 Å². The first kappa shape index (κ1) is 24.4. The van der Waals surface area contributed by atoms with Gasteiger partial charge in [0.15, 0.2) is 0 Å². The number of carbonyl (C=O) groups is 1. The Morgan fingerprint density at radius 1 is 1.16 bits per heavy atom. The van der Waals surface area contributed by atoms with E-state index in [0.29, 0.717) is 6.04 Å². The second kappa shape index (κ2) is 10.1. The third-order valence-electron chi connectivity index (χ3n) is 6.26. The lowest BCUT2D eigenvalue weighted by molar-refractivity contribution is -0.137. The zero-order chi connectivity index (χ0) is 21.3. The lowest BCUT2D eigenvalue weighted by atomic mass is 9.84. The molecular weight excluding hydrogens is 468 g/mol. The van der Waals surface area contributed by atoms with Crippen molar-refractivity contribution in [2.45, 2.75) is 62.8 Å². The van der Waals surface area contributed by atoms with Crippen LogP contribution in [0.1, 0.15) is 66.1 Å². The number of thiophene rings is 1. The molecule has 2 saturated heterocycles. The van der Waals surface area contributed by atoms with Crippen LogP contribution in [-0.2, 0) is 6.18 Å². The molecule has 3 atom stereocenters. The van der Waals surface area contributed by atoms with Gasteiger partial charge in [0.1, 0.15) is 0 Å². The summed E-state index contributed by atoms with van der Waals surface area (Å²) in [5, 5.41) is 6.45. The molecule has 4 rings (SSSR count). The summed E-state index contributed by atoms with van der Waals surface area (Å²) in [6.07, 6.45) is 2.13. The van der Waals surface area contributed by atoms with Crippen LogP contribution in [0.5, 0.6) is 0 Å². The van der Waals surface area contributed by atoms with Crippen LogP contribution < -0.4 is 5.32 Å². The largest absolute Gasteiger partial charge is 0.417 e. The number of piperidine rings is 2. The van der Waals surface area contributed by atoms with Crippen LogP contribution >= 0.6 is 35.3 Å². The van der Waals surface area contributed by atoms with E-state index in [2.05, 4.69) is 10.2 Å². The molecule has 2 aromatic rings. The first-order valence-electron chi connectivity index (χ1n) is 10.3. The van der Waals surface area contributed by atoms with Crippen LogP contribution in [0.25, 0.3) is 0 Å². The Morgan fingerprint density at radius 2 is 1.94 bits per heavy atom. The lowest BCUT2D eigenvalue weighted by Gasteiger charge is -2.48. The van der Waals surface area contributed by atoms with Crippen LogP contribution in [0.4, 0.5) is 13.2 Å². The molecule has 0 aliphatic carbocycles. The van der Waals surface area contributed by atoms with Gasteiger partial charge in [-0.1, -0.05) is 30.5 Å². The standard InChI is InChI=1S/C22H24ClF3N2OS.ClH/c23-19-16(7-4-8-17(19)22(24,25)26)21(29)27-20(14-10-12-30-13-14)18-9-3-6-15-5-1-2-11-28(15)18;/h4,7-8,10,12-13,15,18,20H,1-3,5-6,9,11H2,(H,27,29);1H. The summed E-state index contributed by atoms with van der Waals surface area (Å²) in [6.45, 7) is 0.996. The van der Waals surface area contributed by atoms with Crippen molar-refractivity contribution < 1.29 is 18.0 Å². The molecule has 2 aliphatic heterocycles. The third-order valence-corrected chi connectivity index (χ3v) is 7.37. The summed E-state index contributed by atoms with van der Waals surface area (Å²) in [7, 11) is 0. The predicted octanol–water partition coefficient (Wildman–Crippen LogP) is 6.72. The molecule has 1 amide bonds. The number of fused-ring (bicyclic) bond motifs is 1. The highest BCUT2D eigenvalue weighted by Crippen LogP contribution is 2.38. The van der Waals surface area contributed by atoms with Gasteiger partial charge >= 0.3 is 6.18 Å². The molecule has 2 fully saturated rings. The number of halogens is 5. The number of hydrogen-bond acceptors (Lipinski definition) is 3. The molecule has 31 heavy (non-hydrogen) atoms. The monoisotopic (exact) mass is 492 g/mol. The van der Waals surface area contributed by atoms with E-state index < -0.39 is 22.7 Å². The first-order chi connectivity index (χ1) is 14.4. The first-order valence-corrected chi connectivity index (χ1v) is 11.6. The summed E-state index contributed by atoms with van der Waals surface area (Å²) in [4.78, 5) is 15.6. The molecule has 0 saturated carbocycles. The minimum atomic E-state index is -4.61. The molecule has 170 valence electrons. The summed E-state index contributed by atoms with van der Waals surface area (Å²) in [5.74, 6) is -0.568. The van der Waals surface area contributed by atoms with Gasteiger partial charge in [-0.2, -0.15) is 24.5 Å². The van der Waals surface area contributed by atoms with Gasteiger partial charge in [-0.3, -0.25) is 9.69 Å². The Labute approximate surface area is 195 Å². The fourth-order valence-corrected chi connectivity index (χ4v) is 5.87. The highest BCUT2D eigenvalue weighted by molar-refractivity contribution is 7.08. The van der Waals surface area contributed by atoms with Crippen molar-refractivity contribution in [1.29, 1.82) is 0 Å². The average molecular weight is 493 g/mol. The highest BCUT2D eigenvalue weighted by Gasteiger charge is 2.39. The Morgan fingerprint density at radius 3 is 2.65 bits per heavy atom. The summed E-state index contributed by atoms with van der Waals surface area (Å²) < 4.78 is 39.7. The zero-order valence-corrected chi connectivity index (χ0v) is 19.2. The fraction of sp³-hybridized carbons (Fsp3) is 0.500. The Kier molecular flexibility index (Phi) is 7.95. The van der Waals surface area contributed by atoms with E-state index in [1.807, 2.05) is 16.8 Å². The lowest BCUT2D eigenvalue weighted by Crippen LogP contribution is -2.54. The van der Waals surface area contributed by atoms with Crippen molar-refractivity contribution in [2.24, 2.45) is 0 Å². The van der Waals surface area contributed by atoms with Gasteiger partial charge in [0.2, 0.25) is 0 Å². The minimum absolute atomic E-state index is 0. The Hall–Kier alpha value is -1.28. The maximum Gasteiger partial charge on any atom is 0.417 e. The van der Waals surface area contributed by atoms with Crippen molar-refractivity contribution in [2.75, 3.05) is 6.54 Å². The minimum Gasteiger partial charge on any atom is -0.344 e. The van der Waals surface area contributed by atoms with E-state index in [0.717, 1.165) is 37.4 Å². The van der Waals surface area contributed by atoms with Gasteiger partial charge in [0.05, 0.1) is 22.2 Å². The third kappa shape index (κ3) is 5.21. The SMILES string of the molecule is Cl.O=C(NC(c1ccsc1)C1CCCC2CCCCN21)c1cccc(C(F)(F)F)c1Cl. The molecule has 2 aliphatic rings. The number of nitrogens with zero attached hydrogens (tertiary/aromatic N) is 1. The van der Waals surface area contributed by atoms with E-state index in [9.17, 15) is 18.0 Å². The molecule has 0 bridgehead atoms. The number of rotatable bonds is 4. The van der Waals surface area contributed by atoms with Crippen molar-refractivity contribution in [3.63, 3.8) is 0 Å². The van der Waals surface area contributed by atoms with Gasteiger partial charge in [-0.25, -0.2) is 0 Å². The van der Waals surface area contributed by atoms with Crippen molar-refractivity contribution >= 4 is 41.3 Å². The summed E-state index contributed by atoms with van der Waals surface area (Å²) >= 11 is 7.55. The topological polar surface area (TPSA) is 32.3 Å². The number of nitrogens with one attached hydrogen (secondary N) is 1. The second-order valence-corrected chi connectivity index (χ2v) is 9.22. The van der Waals surface area contributed by atoms with Crippen LogP contribution in [-0.4, -0.2) is 29.4 Å². The van der Waals surface area contributed by atoms with Crippen LogP contribution in [0.3, 0.4) is 0 Å². The van der Waals surface area contributed by atoms with Crippen LogP contribution in [0.15, 0.2) is 35.0 Å². The van der Waals surface area contributed by atoms with Crippen LogP contribution in [0, 0.1) is 0 Å². The number of benzene rings is 1. The molecular formula is C22H25Cl2F3N2OS. The van der Waals surface area contributed by atoms with Crippen LogP contribution in [0.2, 0.25) is 5.02 Å². The maximum absolute atomic E-state index is 13.2. The summed E-state index contributed by atoms with van der Waals surface area (Å²) in [6, 6.07) is 5.83. The molecule has 3 nitrogen and oxygen atoms in total. The van der Waals surface area contributed by atoms with Gasteiger partial charge in [-0.15, -0.1) is 12.4 Å². The number of carbonyl (C=O) groups excluding carboxylic acids is 1. The molecule has 0 radical (unpaired) electrons. The van der Waals surface area contributed by atoms with Crippen molar-refractivity contribution in [1.82, 2.24) is 10.2 Å². The quantitative estimate of drug-likeness (QED) is 0.513. The molecule has 1 aromatic carbocycles. The normalized spacial score (nSPS) is 22.8. The highest BCUT2D eigenvalue weighted by atomic mass is 35.5. The van der Waals surface area contributed by atoms with E-state index in [1.54, 1.807) is 11.3 Å². The Bertz CT molecular complexity index is 889. The molecule has 1 N–H and O–H groups in total. The molecule has 3 unspecified atom stereocenters. The number of alkyl halides is 3. The predicted molar refractivity (Wildman–Crippen MR) is 120 cm³/mol. The second-order valence-electron chi connectivity index (χ2n) is 8.06. The molecule has 0 spiro atoms. The number of amides is 1. The smallest absolute Gasteiger partial charge is 0.344 e. The molecule has 1 aromatic heterocycles. The number of hydrogen-bond donors (Lipinski definition) is 1. The molecule has 3 heterocycles. The summed E-state index contributed by atoms with van der Waals surface area (Å²) in [5.41, 5.74) is -0.136. The van der Waals surface area contributed by atoms with Gasteiger partial charge in [-0.05, 0) is 66.8 Å². The average Bonchev–Trinajstić information content (AvgIpc) is 3.25. The van der Waals surface area contributed by atoms with Crippen molar-refractivity contribution in [3.8, 4) is 0 Å². The van der Waals surface area contributed by atoms with Gasteiger partial charge in [0.25, 0.3) is 5.91 Å². The van der Waals surface area contributed by atoms with E-state index in [-0.39, 0.29) is 30.1 Å². The van der Waals surface area contributed by atoms with Crippen molar-refractivity contribution in [3.05, 3.63) is 56.7 Å². The molecule has 9 heteroatoms. The maximum atomic E-state index is 13.2. The Balaban J connectivity index is 0.00000272. The van der Waals surface area contributed by atoms with Gasteiger partial charge in [0, 0.05) is 12.1 Å². The zero-order valence-electron chi connectivity index (χ0n) is 16.8. The van der Waals surface area contributed by atoms with E-state index >= 15 is 0 Å². The van der Waals surface area contributed by atoms with E-state index in [4.69, 9.17) is 11.6 Å². The fourth-order valence-electron chi connectivity index (χ4n) is 4.85. The van der Waals surface area contributed by atoms with E-state index in [1.165, 1.54) is 31.4 Å².